The van der Waals surface area contributed by atoms with Crippen LogP contribution in [0.5, 0.6) is 0 Å². The Hall–Kier alpha value is -0.290. The predicted molar refractivity (Wildman–Crippen MR) is 44.1 cm³/mol. The topological polar surface area (TPSA) is 0 Å². The third-order valence-corrected chi connectivity index (χ3v) is 2.28. The third-order valence-electron chi connectivity index (χ3n) is 1.33. The Morgan fingerprint density at radius 3 is 2.15 bits per heavy atom. The highest BCUT2D eigenvalue weighted by atomic mass is 79.9. The first-order valence-electron chi connectivity index (χ1n) is 3.04. The lowest BCUT2D eigenvalue weighted by molar-refractivity contribution is -0.140. The van der Waals surface area contributed by atoms with E-state index >= 15 is 0 Å². The molecule has 0 heterocycles. The Bertz CT molecular complexity index is 334. The summed E-state index contributed by atoms with van der Waals surface area (Å²) < 4.78 is 49.0. The fraction of sp³-hybridized carbons (Fsp3) is 0.143. The molecular formula is C7H2BrClF4. The molecule has 0 radical (unpaired) electrons. The molecule has 0 amide bonds. The first-order chi connectivity index (χ1) is 5.84. The van der Waals surface area contributed by atoms with Crippen molar-refractivity contribution in [1.82, 2.24) is 0 Å². The normalized spacial score (nSPS) is 11.8. The molecule has 72 valence electrons. The highest BCUT2D eigenvalue weighted by Gasteiger charge is 2.37. The highest BCUT2D eigenvalue weighted by Crippen LogP contribution is 2.38. The van der Waals surface area contributed by atoms with Crippen molar-refractivity contribution in [3.05, 3.63) is 33.0 Å². The van der Waals surface area contributed by atoms with Crippen LogP contribution in [0.3, 0.4) is 0 Å². The zero-order chi connectivity index (χ0) is 10.2. The first kappa shape index (κ1) is 10.8. The molecule has 13 heavy (non-hydrogen) atoms. The van der Waals surface area contributed by atoms with Gasteiger partial charge in [-0.2, -0.15) is 13.2 Å². The van der Waals surface area contributed by atoms with E-state index in [1.165, 1.54) is 0 Å². The minimum atomic E-state index is -4.74. The Kier molecular flexibility index (Phi) is 2.87. The molecule has 0 unspecified atom stereocenters. The second kappa shape index (κ2) is 3.46. The van der Waals surface area contributed by atoms with Crippen LogP contribution in [0.25, 0.3) is 0 Å². The molecule has 0 aliphatic heterocycles. The lowest BCUT2D eigenvalue weighted by Crippen LogP contribution is -2.09. The maximum atomic E-state index is 12.9. The average Bonchev–Trinajstić information content (AvgIpc) is 1.95. The number of hydrogen-bond donors (Lipinski definition) is 0. The van der Waals surface area contributed by atoms with Gasteiger partial charge in [-0.25, -0.2) is 4.39 Å². The number of rotatable bonds is 0. The van der Waals surface area contributed by atoms with Crippen LogP contribution in [-0.2, 0) is 6.18 Å². The molecule has 1 rings (SSSR count). The van der Waals surface area contributed by atoms with Crippen molar-refractivity contribution >= 4 is 27.5 Å². The maximum Gasteiger partial charge on any atom is 0.420 e. The minimum absolute atomic E-state index is 0.359. The Morgan fingerprint density at radius 2 is 1.77 bits per heavy atom. The molecule has 0 nitrogen and oxygen atoms in total. The van der Waals surface area contributed by atoms with Crippen LogP contribution in [0.1, 0.15) is 5.56 Å². The van der Waals surface area contributed by atoms with Crippen LogP contribution < -0.4 is 0 Å². The van der Waals surface area contributed by atoms with E-state index < -0.39 is 22.6 Å². The van der Waals surface area contributed by atoms with Crippen LogP contribution in [0.2, 0.25) is 5.02 Å². The van der Waals surface area contributed by atoms with Gasteiger partial charge < -0.3 is 0 Å². The summed E-state index contributed by atoms with van der Waals surface area (Å²) in [5.74, 6) is -1.46. The zero-order valence-electron chi connectivity index (χ0n) is 5.92. The minimum Gasteiger partial charge on any atom is -0.205 e. The molecule has 0 saturated heterocycles. The van der Waals surface area contributed by atoms with Crippen molar-refractivity contribution in [3.8, 4) is 0 Å². The Labute approximate surface area is 84.6 Å². The summed E-state index contributed by atoms with van der Waals surface area (Å²) >= 11 is 7.79. The summed E-state index contributed by atoms with van der Waals surface area (Å²) in [6, 6.07) is 2.10. The molecule has 0 aromatic heterocycles. The van der Waals surface area contributed by atoms with Gasteiger partial charge in [-0.1, -0.05) is 27.5 Å². The Morgan fingerprint density at radius 1 is 1.23 bits per heavy atom. The standard InChI is InChI=1S/C7H2BrClF4/c8-3-1-2-4(9)6(10)5(3)7(11,12)13/h1-2H. The number of hydrogen-bond acceptors (Lipinski definition) is 0. The smallest absolute Gasteiger partial charge is 0.205 e. The maximum absolute atomic E-state index is 12.9. The molecule has 1 aromatic carbocycles. The first-order valence-corrected chi connectivity index (χ1v) is 4.22. The lowest BCUT2D eigenvalue weighted by Gasteiger charge is -2.10. The van der Waals surface area contributed by atoms with E-state index in [0.29, 0.717) is 0 Å². The monoisotopic (exact) mass is 276 g/mol. The van der Waals surface area contributed by atoms with Gasteiger partial charge in [0.05, 0.1) is 5.02 Å². The molecular weight excluding hydrogens is 275 g/mol. The third kappa shape index (κ3) is 2.14. The fourth-order valence-corrected chi connectivity index (χ4v) is 1.48. The quantitative estimate of drug-likeness (QED) is 0.491. The van der Waals surface area contributed by atoms with Crippen LogP contribution in [-0.4, -0.2) is 0 Å². The molecule has 0 saturated carbocycles. The summed E-state index contributed by atoms with van der Waals surface area (Å²) in [6.07, 6.45) is -4.74. The van der Waals surface area contributed by atoms with Crippen LogP contribution in [0.4, 0.5) is 17.6 Å². The van der Waals surface area contributed by atoms with Gasteiger partial charge in [-0.05, 0) is 12.1 Å². The van der Waals surface area contributed by atoms with Gasteiger partial charge in [0.25, 0.3) is 0 Å². The van der Waals surface area contributed by atoms with E-state index in [1.807, 2.05) is 0 Å². The van der Waals surface area contributed by atoms with Gasteiger partial charge in [0, 0.05) is 4.47 Å². The average molecular weight is 277 g/mol. The van der Waals surface area contributed by atoms with Gasteiger partial charge in [-0.3, -0.25) is 0 Å². The summed E-state index contributed by atoms with van der Waals surface area (Å²) in [5, 5.41) is -0.546. The Balaban J connectivity index is 3.43. The van der Waals surface area contributed by atoms with E-state index in [4.69, 9.17) is 11.6 Å². The molecule has 0 bridgehead atoms. The second-order valence-electron chi connectivity index (χ2n) is 2.22. The molecule has 0 aliphatic carbocycles. The molecule has 0 N–H and O–H groups in total. The van der Waals surface area contributed by atoms with E-state index in [2.05, 4.69) is 15.9 Å². The number of halogens is 6. The highest BCUT2D eigenvalue weighted by molar-refractivity contribution is 9.10. The molecule has 0 atom stereocenters. The van der Waals surface area contributed by atoms with E-state index in [9.17, 15) is 17.6 Å². The van der Waals surface area contributed by atoms with Crippen molar-refractivity contribution in [2.45, 2.75) is 6.18 Å². The van der Waals surface area contributed by atoms with Crippen molar-refractivity contribution in [1.29, 1.82) is 0 Å². The second-order valence-corrected chi connectivity index (χ2v) is 3.48. The summed E-state index contributed by atoms with van der Waals surface area (Å²) in [4.78, 5) is 0. The van der Waals surface area contributed by atoms with Crippen LogP contribution in [0, 0.1) is 5.82 Å². The predicted octanol–water partition coefficient (Wildman–Crippen LogP) is 4.26. The molecule has 0 spiro atoms. The molecule has 1 aromatic rings. The van der Waals surface area contributed by atoms with Gasteiger partial charge >= 0.3 is 6.18 Å². The van der Waals surface area contributed by atoms with Crippen molar-refractivity contribution < 1.29 is 17.6 Å². The van der Waals surface area contributed by atoms with Gasteiger partial charge in [0.1, 0.15) is 5.56 Å². The molecule has 6 heteroatoms. The van der Waals surface area contributed by atoms with Crippen LogP contribution >= 0.6 is 27.5 Å². The van der Waals surface area contributed by atoms with E-state index in [-0.39, 0.29) is 4.47 Å². The van der Waals surface area contributed by atoms with Crippen molar-refractivity contribution in [3.63, 3.8) is 0 Å². The number of alkyl halides is 3. The van der Waals surface area contributed by atoms with Gasteiger partial charge in [0.2, 0.25) is 0 Å². The van der Waals surface area contributed by atoms with Crippen molar-refractivity contribution in [2.24, 2.45) is 0 Å². The number of benzene rings is 1. The molecule has 0 fully saturated rings. The lowest BCUT2D eigenvalue weighted by atomic mass is 10.2. The van der Waals surface area contributed by atoms with Crippen LogP contribution in [0.15, 0.2) is 16.6 Å². The summed E-state index contributed by atoms with van der Waals surface area (Å²) in [5.41, 5.74) is -1.37. The van der Waals surface area contributed by atoms with Gasteiger partial charge in [0.15, 0.2) is 5.82 Å². The zero-order valence-corrected chi connectivity index (χ0v) is 8.26. The van der Waals surface area contributed by atoms with Gasteiger partial charge in [-0.15, -0.1) is 0 Å². The fourth-order valence-electron chi connectivity index (χ4n) is 0.787. The largest absolute Gasteiger partial charge is 0.420 e. The SMILES string of the molecule is Fc1c(Cl)ccc(Br)c1C(F)(F)F. The van der Waals surface area contributed by atoms with E-state index in [0.717, 1.165) is 12.1 Å². The summed E-state index contributed by atoms with van der Waals surface area (Å²) in [6.45, 7) is 0. The molecule has 0 aliphatic rings. The van der Waals surface area contributed by atoms with Crippen molar-refractivity contribution in [2.75, 3.05) is 0 Å². The van der Waals surface area contributed by atoms with E-state index in [1.54, 1.807) is 0 Å². The summed E-state index contributed by atoms with van der Waals surface area (Å²) in [7, 11) is 0.